The summed E-state index contributed by atoms with van der Waals surface area (Å²) in [6.07, 6.45) is 3.70. The number of aromatic nitrogens is 4. The van der Waals surface area contributed by atoms with Crippen LogP contribution in [0.2, 0.25) is 0 Å². The Morgan fingerprint density at radius 1 is 1.29 bits per heavy atom. The second-order valence-corrected chi connectivity index (χ2v) is 7.40. The minimum Gasteiger partial charge on any atom is -0.336 e. The van der Waals surface area contributed by atoms with E-state index in [1.807, 2.05) is 65.5 Å². The van der Waals surface area contributed by atoms with Gasteiger partial charge in [-0.1, -0.05) is 12.1 Å². The van der Waals surface area contributed by atoms with E-state index in [4.69, 9.17) is 0 Å². The van der Waals surface area contributed by atoms with E-state index in [0.29, 0.717) is 25.2 Å². The molecule has 1 fully saturated rings. The summed E-state index contributed by atoms with van der Waals surface area (Å²) < 4.78 is 3.96. The third kappa shape index (κ3) is 3.57. The Kier molecular flexibility index (Phi) is 5.00. The Labute approximate surface area is 165 Å². The van der Waals surface area contributed by atoms with Gasteiger partial charge >= 0.3 is 0 Å². The summed E-state index contributed by atoms with van der Waals surface area (Å²) in [5.74, 6) is 0.948. The summed E-state index contributed by atoms with van der Waals surface area (Å²) in [5, 5.41) is 7.91. The normalized spacial score (nSPS) is 17.1. The van der Waals surface area contributed by atoms with E-state index in [1.54, 1.807) is 6.20 Å². The second kappa shape index (κ2) is 7.59. The maximum Gasteiger partial charge on any atom is 0.254 e. The fraction of sp³-hybridized carbons (Fsp3) is 0.381. The van der Waals surface area contributed by atoms with Gasteiger partial charge in [0.1, 0.15) is 11.9 Å². The molecule has 1 N–H and O–H groups in total. The van der Waals surface area contributed by atoms with Crippen molar-refractivity contribution in [3.63, 3.8) is 0 Å². The summed E-state index contributed by atoms with van der Waals surface area (Å²) in [6.45, 7) is 6.86. The molecule has 0 saturated carbocycles. The van der Waals surface area contributed by atoms with Gasteiger partial charge in [-0.25, -0.2) is 4.98 Å². The molecule has 146 valence electrons. The lowest BCUT2D eigenvalue weighted by Gasteiger charge is -2.35. The van der Waals surface area contributed by atoms with Crippen LogP contribution in [0.4, 0.5) is 0 Å². The maximum atomic E-state index is 13.3. The molecule has 1 aliphatic rings. The molecule has 1 aliphatic heterocycles. The van der Waals surface area contributed by atoms with Crippen LogP contribution in [-0.2, 0) is 13.6 Å². The van der Waals surface area contributed by atoms with Crippen molar-refractivity contribution >= 4 is 5.91 Å². The number of nitrogens with zero attached hydrogens (tertiary/aromatic N) is 5. The molecule has 1 unspecified atom stereocenters. The van der Waals surface area contributed by atoms with Crippen molar-refractivity contribution in [2.24, 2.45) is 7.05 Å². The van der Waals surface area contributed by atoms with Crippen LogP contribution < -0.4 is 5.32 Å². The van der Waals surface area contributed by atoms with Gasteiger partial charge < -0.3 is 14.8 Å². The van der Waals surface area contributed by atoms with Gasteiger partial charge in [0.2, 0.25) is 0 Å². The average molecular weight is 378 g/mol. The van der Waals surface area contributed by atoms with Crippen LogP contribution in [0.3, 0.4) is 0 Å². The molecule has 1 amide bonds. The van der Waals surface area contributed by atoms with Gasteiger partial charge in [0.25, 0.3) is 5.91 Å². The minimum absolute atomic E-state index is 0.0460. The number of rotatable bonds is 4. The summed E-state index contributed by atoms with van der Waals surface area (Å²) in [6, 6.07) is 9.86. The number of carbonyl (C=O) groups is 1. The zero-order chi connectivity index (χ0) is 19.7. The van der Waals surface area contributed by atoms with Gasteiger partial charge in [0.05, 0.1) is 12.2 Å². The van der Waals surface area contributed by atoms with Gasteiger partial charge in [-0.15, -0.1) is 0 Å². The Morgan fingerprint density at radius 3 is 2.86 bits per heavy atom. The van der Waals surface area contributed by atoms with Crippen LogP contribution in [0, 0.1) is 13.8 Å². The molecular weight excluding hydrogens is 352 g/mol. The van der Waals surface area contributed by atoms with Crippen LogP contribution >= 0.6 is 0 Å². The zero-order valence-corrected chi connectivity index (χ0v) is 16.6. The first-order valence-electron chi connectivity index (χ1n) is 9.62. The van der Waals surface area contributed by atoms with Crippen molar-refractivity contribution in [3.8, 4) is 0 Å². The van der Waals surface area contributed by atoms with Crippen molar-refractivity contribution < 1.29 is 4.79 Å². The van der Waals surface area contributed by atoms with Crippen LogP contribution in [0.1, 0.15) is 39.2 Å². The van der Waals surface area contributed by atoms with Gasteiger partial charge in [0.15, 0.2) is 0 Å². The number of benzene rings is 1. The number of nitrogens with one attached hydrogen (secondary N) is 1. The standard InChI is InChI=1S/C21H26N6O/c1-15-11-16(2)27(24-15)14-17-5-4-6-18(12-17)21(28)26-10-7-22-13-19(26)20-23-8-9-25(20)3/h4-6,8-9,11-12,19,22H,7,10,13-14H2,1-3H3. The lowest BCUT2D eigenvalue weighted by molar-refractivity contribution is 0.0620. The van der Waals surface area contributed by atoms with Gasteiger partial charge in [0, 0.05) is 50.3 Å². The molecule has 1 atom stereocenters. The van der Waals surface area contributed by atoms with Crippen molar-refractivity contribution in [1.82, 2.24) is 29.5 Å². The quantitative estimate of drug-likeness (QED) is 0.755. The first-order valence-corrected chi connectivity index (χ1v) is 9.62. The Hall–Kier alpha value is -2.93. The molecule has 0 bridgehead atoms. The highest BCUT2D eigenvalue weighted by Gasteiger charge is 2.31. The van der Waals surface area contributed by atoms with Crippen LogP contribution in [0.15, 0.2) is 42.7 Å². The molecular formula is C21H26N6O. The smallest absolute Gasteiger partial charge is 0.254 e. The number of aryl methyl sites for hydroxylation is 3. The first-order chi connectivity index (χ1) is 13.5. The Bertz CT molecular complexity index is 988. The van der Waals surface area contributed by atoms with E-state index in [9.17, 15) is 4.79 Å². The Morgan fingerprint density at radius 2 is 2.14 bits per heavy atom. The molecule has 2 aromatic heterocycles. The van der Waals surface area contributed by atoms with E-state index < -0.39 is 0 Å². The molecule has 0 spiro atoms. The summed E-state index contributed by atoms with van der Waals surface area (Å²) in [4.78, 5) is 19.7. The van der Waals surface area contributed by atoms with Gasteiger partial charge in [-0.3, -0.25) is 9.48 Å². The minimum atomic E-state index is -0.0686. The third-order valence-corrected chi connectivity index (χ3v) is 5.27. The molecule has 7 heteroatoms. The van der Waals surface area contributed by atoms with Crippen molar-refractivity contribution in [2.45, 2.75) is 26.4 Å². The lowest BCUT2D eigenvalue weighted by atomic mass is 10.1. The summed E-state index contributed by atoms with van der Waals surface area (Å²) >= 11 is 0. The number of amides is 1. The van der Waals surface area contributed by atoms with Crippen molar-refractivity contribution in [1.29, 1.82) is 0 Å². The van der Waals surface area contributed by atoms with Crippen molar-refractivity contribution in [2.75, 3.05) is 19.6 Å². The van der Waals surface area contributed by atoms with Crippen molar-refractivity contribution in [3.05, 3.63) is 71.1 Å². The van der Waals surface area contributed by atoms with E-state index in [2.05, 4.69) is 21.5 Å². The SMILES string of the molecule is Cc1cc(C)n(Cc2cccc(C(=O)N3CCNCC3c3nccn3C)c2)n1. The largest absolute Gasteiger partial charge is 0.336 e. The van der Waals surface area contributed by atoms with E-state index in [1.165, 1.54) is 0 Å². The second-order valence-electron chi connectivity index (χ2n) is 7.40. The lowest BCUT2D eigenvalue weighted by Crippen LogP contribution is -2.49. The summed E-state index contributed by atoms with van der Waals surface area (Å²) in [7, 11) is 1.97. The van der Waals surface area contributed by atoms with Crippen LogP contribution in [0.5, 0.6) is 0 Å². The molecule has 1 aromatic carbocycles. The fourth-order valence-corrected chi connectivity index (χ4v) is 3.85. The molecule has 0 aliphatic carbocycles. The number of carbonyl (C=O) groups excluding carboxylic acids is 1. The number of imidazole rings is 1. The molecule has 7 nitrogen and oxygen atoms in total. The van der Waals surface area contributed by atoms with E-state index >= 15 is 0 Å². The fourth-order valence-electron chi connectivity index (χ4n) is 3.85. The van der Waals surface area contributed by atoms with E-state index in [-0.39, 0.29) is 11.9 Å². The Balaban J connectivity index is 1.58. The molecule has 28 heavy (non-hydrogen) atoms. The van der Waals surface area contributed by atoms with Crippen LogP contribution in [0.25, 0.3) is 0 Å². The maximum absolute atomic E-state index is 13.3. The predicted octanol–water partition coefficient (Wildman–Crippen LogP) is 2.07. The average Bonchev–Trinajstić information content (AvgIpc) is 3.26. The van der Waals surface area contributed by atoms with Gasteiger partial charge in [-0.2, -0.15) is 5.10 Å². The zero-order valence-electron chi connectivity index (χ0n) is 16.6. The van der Waals surface area contributed by atoms with Gasteiger partial charge in [-0.05, 0) is 37.6 Å². The number of hydrogen-bond donors (Lipinski definition) is 1. The van der Waals surface area contributed by atoms with Crippen LogP contribution in [-0.4, -0.2) is 49.8 Å². The molecule has 3 heterocycles. The highest BCUT2D eigenvalue weighted by molar-refractivity contribution is 5.94. The number of hydrogen-bond acceptors (Lipinski definition) is 4. The number of piperazine rings is 1. The highest BCUT2D eigenvalue weighted by Crippen LogP contribution is 2.23. The molecule has 1 saturated heterocycles. The summed E-state index contributed by atoms with van der Waals surface area (Å²) in [5.41, 5.74) is 3.90. The molecule has 3 aromatic rings. The third-order valence-electron chi connectivity index (χ3n) is 5.27. The highest BCUT2D eigenvalue weighted by atomic mass is 16.2. The first kappa shape index (κ1) is 18.4. The molecule has 0 radical (unpaired) electrons. The topological polar surface area (TPSA) is 68.0 Å². The predicted molar refractivity (Wildman–Crippen MR) is 107 cm³/mol. The molecule has 4 rings (SSSR count). The monoisotopic (exact) mass is 378 g/mol. The van der Waals surface area contributed by atoms with E-state index in [0.717, 1.165) is 29.3 Å².